The van der Waals surface area contributed by atoms with Crippen LogP contribution in [-0.2, 0) is 19.6 Å². The SMILES string of the molecule is CCCCCCCCCNS(=O)(=O)c1ccc(N2C(=O)CCC2=O)cc1. The van der Waals surface area contributed by atoms with Crippen molar-refractivity contribution in [3.8, 4) is 0 Å². The molecule has 1 aliphatic heterocycles. The number of carbonyl (C=O) groups excluding carboxylic acids is 2. The van der Waals surface area contributed by atoms with E-state index in [9.17, 15) is 18.0 Å². The highest BCUT2D eigenvalue weighted by atomic mass is 32.2. The molecule has 7 heteroatoms. The molecule has 1 aromatic carbocycles. The fraction of sp³-hybridized carbons (Fsp3) is 0.579. The number of amides is 2. The van der Waals surface area contributed by atoms with E-state index >= 15 is 0 Å². The molecule has 1 saturated heterocycles. The Kier molecular flexibility index (Phi) is 7.78. The van der Waals surface area contributed by atoms with E-state index in [0.717, 1.165) is 24.2 Å². The molecule has 1 fully saturated rings. The molecular formula is C19H28N2O4S. The molecule has 2 rings (SSSR count). The summed E-state index contributed by atoms with van der Waals surface area (Å²) in [4.78, 5) is 24.7. The first-order valence-electron chi connectivity index (χ1n) is 9.41. The molecule has 0 aromatic heterocycles. The molecule has 26 heavy (non-hydrogen) atoms. The van der Waals surface area contributed by atoms with Gasteiger partial charge in [0.2, 0.25) is 21.8 Å². The van der Waals surface area contributed by atoms with E-state index in [1.807, 2.05) is 0 Å². The normalized spacial score (nSPS) is 15.0. The van der Waals surface area contributed by atoms with Gasteiger partial charge >= 0.3 is 0 Å². The van der Waals surface area contributed by atoms with Gasteiger partial charge < -0.3 is 0 Å². The molecule has 1 N–H and O–H groups in total. The van der Waals surface area contributed by atoms with Crippen LogP contribution in [0.4, 0.5) is 5.69 Å². The maximum Gasteiger partial charge on any atom is 0.240 e. The fourth-order valence-corrected chi connectivity index (χ4v) is 4.08. The number of carbonyl (C=O) groups is 2. The predicted octanol–water partition coefficient (Wildman–Crippen LogP) is 3.37. The standard InChI is InChI=1S/C19H28N2O4S/c1-2-3-4-5-6-7-8-15-20-26(24,25)17-11-9-16(10-12-17)21-18(22)13-14-19(21)23/h9-12,20H,2-8,13-15H2,1H3. The van der Waals surface area contributed by atoms with Gasteiger partial charge in [-0.05, 0) is 30.7 Å². The van der Waals surface area contributed by atoms with Gasteiger partial charge in [-0.3, -0.25) is 14.5 Å². The highest BCUT2D eigenvalue weighted by molar-refractivity contribution is 7.89. The van der Waals surface area contributed by atoms with Crippen LogP contribution in [0.5, 0.6) is 0 Å². The van der Waals surface area contributed by atoms with Crippen molar-refractivity contribution in [1.29, 1.82) is 0 Å². The monoisotopic (exact) mass is 380 g/mol. The molecule has 0 aliphatic carbocycles. The summed E-state index contributed by atoms with van der Waals surface area (Å²) in [5, 5.41) is 0. The number of benzene rings is 1. The zero-order chi connectivity index (χ0) is 19.0. The molecule has 0 spiro atoms. The summed E-state index contributed by atoms with van der Waals surface area (Å²) in [5.41, 5.74) is 0.420. The maximum absolute atomic E-state index is 12.3. The minimum absolute atomic E-state index is 0.142. The highest BCUT2D eigenvalue weighted by Crippen LogP contribution is 2.23. The van der Waals surface area contributed by atoms with Gasteiger partial charge in [-0.15, -0.1) is 0 Å². The Bertz CT molecular complexity index is 698. The molecule has 0 bridgehead atoms. The van der Waals surface area contributed by atoms with Crippen LogP contribution in [0.3, 0.4) is 0 Å². The van der Waals surface area contributed by atoms with Crippen molar-refractivity contribution in [2.45, 2.75) is 69.6 Å². The average Bonchev–Trinajstić information content (AvgIpc) is 2.96. The van der Waals surface area contributed by atoms with Crippen molar-refractivity contribution >= 4 is 27.5 Å². The van der Waals surface area contributed by atoms with Gasteiger partial charge in [-0.25, -0.2) is 13.1 Å². The molecule has 1 heterocycles. The van der Waals surface area contributed by atoms with E-state index in [1.165, 1.54) is 49.9 Å². The van der Waals surface area contributed by atoms with Crippen molar-refractivity contribution in [2.24, 2.45) is 0 Å². The summed E-state index contributed by atoms with van der Waals surface area (Å²) in [6.07, 6.45) is 8.32. The number of anilines is 1. The lowest BCUT2D eigenvalue weighted by Crippen LogP contribution is -2.28. The molecule has 0 radical (unpaired) electrons. The van der Waals surface area contributed by atoms with Crippen LogP contribution >= 0.6 is 0 Å². The fourth-order valence-electron chi connectivity index (χ4n) is 3.01. The molecule has 0 atom stereocenters. The zero-order valence-electron chi connectivity index (χ0n) is 15.4. The third kappa shape index (κ3) is 5.64. The third-order valence-corrected chi connectivity index (χ3v) is 6.01. The van der Waals surface area contributed by atoms with Crippen LogP contribution in [0.25, 0.3) is 0 Å². The lowest BCUT2D eigenvalue weighted by molar-refractivity contribution is -0.121. The van der Waals surface area contributed by atoms with Crippen molar-refractivity contribution in [3.05, 3.63) is 24.3 Å². The summed E-state index contributed by atoms with van der Waals surface area (Å²) < 4.78 is 27.2. The first-order valence-corrected chi connectivity index (χ1v) is 10.9. The number of hydrogen-bond donors (Lipinski definition) is 1. The van der Waals surface area contributed by atoms with E-state index in [-0.39, 0.29) is 29.6 Å². The van der Waals surface area contributed by atoms with Gasteiger partial charge in [-0.1, -0.05) is 45.4 Å². The van der Waals surface area contributed by atoms with Crippen LogP contribution in [0.1, 0.15) is 64.7 Å². The number of nitrogens with zero attached hydrogens (tertiary/aromatic N) is 1. The topological polar surface area (TPSA) is 83.6 Å². The third-order valence-electron chi connectivity index (χ3n) is 4.53. The second-order valence-electron chi connectivity index (χ2n) is 6.64. The Hall–Kier alpha value is -1.73. The van der Waals surface area contributed by atoms with Gasteiger partial charge in [0.25, 0.3) is 0 Å². The molecule has 6 nitrogen and oxygen atoms in total. The summed E-state index contributed by atoms with van der Waals surface area (Å²) in [7, 11) is -3.57. The minimum atomic E-state index is -3.57. The van der Waals surface area contributed by atoms with Crippen molar-refractivity contribution in [2.75, 3.05) is 11.4 Å². The van der Waals surface area contributed by atoms with Crippen molar-refractivity contribution < 1.29 is 18.0 Å². The van der Waals surface area contributed by atoms with E-state index < -0.39 is 10.0 Å². The lowest BCUT2D eigenvalue weighted by atomic mass is 10.1. The molecule has 1 aromatic rings. The molecule has 0 saturated carbocycles. The first kappa shape index (κ1) is 20.6. The Morgan fingerprint density at radius 1 is 0.885 bits per heavy atom. The number of imide groups is 1. The largest absolute Gasteiger partial charge is 0.274 e. The molecular weight excluding hydrogens is 352 g/mol. The van der Waals surface area contributed by atoms with Gasteiger partial charge in [0, 0.05) is 19.4 Å². The van der Waals surface area contributed by atoms with Crippen LogP contribution in [-0.4, -0.2) is 26.8 Å². The Labute approximate surface area is 156 Å². The quantitative estimate of drug-likeness (QED) is 0.471. The molecule has 0 unspecified atom stereocenters. The molecule has 1 aliphatic rings. The number of sulfonamides is 1. The summed E-state index contributed by atoms with van der Waals surface area (Å²) in [6.45, 7) is 2.60. The number of hydrogen-bond acceptors (Lipinski definition) is 4. The van der Waals surface area contributed by atoms with Crippen molar-refractivity contribution in [1.82, 2.24) is 4.72 Å². The van der Waals surface area contributed by atoms with Crippen LogP contribution in [0.15, 0.2) is 29.2 Å². The van der Waals surface area contributed by atoms with Crippen LogP contribution in [0.2, 0.25) is 0 Å². The Balaban J connectivity index is 1.81. The zero-order valence-corrected chi connectivity index (χ0v) is 16.2. The van der Waals surface area contributed by atoms with E-state index in [1.54, 1.807) is 0 Å². The summed E-state index contributed by atoms with van der Waals surface area (Å²) >= 11 is 0. The highest BCUT2D eigenvalue weighted by Gasteiger charge is 2.30. The summed E-state index contributed by atoms with van der Waals surface area (Å²) in [5.74, 6) is -0.495. The number of rotatable bonds is 11. The average molecular weight is 381 g/mol. The maximum atomic E-state index is 12.3. The Morgan fingerprint density at radius 2 is 1.42 bits per heavy atom. The second-order valence-corrected chi connectivity index (χ2v) is 8.40. The van der Waals surface area contributed by atoms with E-state index in [0.29, 0.717) is 12.2 Å². The summed E-state index contributed by atoms with van der Waals surface area (Å²) in [6, 6.07) is 5.87. The van der Waals surface area contributed by atoms with Gasteiger partial charge in [0.15, 0.2) is 0 Å². The predicted molar refractivity (Wildman–Crippen MR) is 101 cm³/mol. The molecule has 2 amide bonds. The minimum Gasteiger partial charge on any atom is -0.274 e. The number of unbranched alkanes of at least 4 members (excludes halogenated alkanes) is 6. The number of nitrogens with one attached hydrogen (secondary N) is 1. The molecule has 144 valence electrons. The van der Waals surface area contributed by atoms with Crippen LogP contribution < -0.4 is 9.62 Å². The Morgan fingerprint density at radius 3 is 2.00 bits per heavy atom. The van der Waals surface area contributed by atoms with Crippen molar-refractivity contribution in [3.63, 3.8) is 0 Å². The van der Waals surface area contributed by atoms with Gasteiger partial charge in [0.05, 0.1) is 10.6 Å². The van der Waals surface area contributed by atoms with E-state index in [4.69, 9.17) is 0 Å². The van der Waals surface area contributed by atoms with Gasteiger partial charge in [-0.2, -0.15) is 0 Å². The van der Waals surface area contributed by atoms with Gasteiger partial charge in [0.1, 0.15) is 0 Å². The smallest absolute Gasteiger partial charge is 0.240 e. The second kappa shape index (κ2) is 9.83. The van der Waals surface area contributed by atoms with Crippen LogP contribution in [0, 0.1) is 0 Å². The lowest BCUT2D eigenvalue weighted by Gasteiger charge is -2.14. The van der Waals surface area contributed by atoms with E-state index in [2.05, 4.69) is 11.6 Å². The first-order chi connectivity index (χ1) is 12.5.